The summed E-state index contributed by atoms with van der Waals surface area (Å²) in [6.45, 7) is 3.90. The predicted molar refractivity (Wildman–Crippen MR) is 149 cm³/mol. The first-order valence-electron chi connectivity index (χ1n) is 13.1. The minimum absolute atomic E-state index is 0.0561. The Hall–Kier alpha value is -3.27. The molecule has 2 aliphatic rings. The molecule has 3 aromatic rings. The number of sulfonamides is 1. The summed E-state index contributed by atoms with van der Waals surface area (Å²) in [6.07, 6.45) is 3.07. The van der Waals surface area contributed by atoms with Crippen LogP contribution in [-0.4, -0.2) is 68.8 Å². The predicted octanol–water partition coefficient (Wildman–Crippen LogP) is 3.76. The van der Waals surface area contributed by atoms with Gasteiger partial charge in [-0.05, 0) is 70.0 Å². The topological polar surface area (TPSA) is 98.8 Å². The number of rotatable bonds is 6. The number of piperidine rings is 1. The number of nitrogens with zero attached hydrogens (tertiary/aromatic N) is 2. The van der Waals surface area contributed by atoms with Crippen LogP contribution in [0.25, 0.3) is 10.8 Å². The summed E-state index contributed by atoms with van der Waals surface area (Å²) >= 11 is 0. The fourth-order valence-electron chi connectivity index (χ4n) is 5.58. The number of likely N-dealkylation sites (N-methyl/N-ethyl adjacent to an activating group) is 1. The first-order valence-corrected chi connectivity index (χ1v) is 14.6. The average molecular weight is 535 g/mol. The number of likely N-dealkylation sites (tertiary alicyclic amines) is 2. The maximum absolute atomic E-state index is 13.5. The van der Waals surface area contributed by atoms with Crippen molar-refractivity contribution in [3.63, 3.8) is 0 Å². The quantitative estimate of drug-likeness (QED) is 0.502. The molecule has 1 atom stereocenters. The number of amides is 2. The van der Waals surface area contributed by atoms with Gasteiger partial charge in [0.05, 0.1) is 10.9 Å². The number of carbonyl (C=O) groups is 2. The molecule has 0 aromatic heterocycles. The number of hydrogen-bond donors (Lipinski definition) is 2. The molecule has 200 valence electrons. The summed E-state index contributed by atoms with van der Waals surface area (Å²) in [5.41, 5.74) is 1.98. The molecule has 0 saturated carbocycles. The first-order chi connectivity index (χ1) is 18.2. The molecule has 2 N–H and O–H groups in total. The maximum atomic E-state index is 13.5. The molecule has 1 unspecified atom stereocenters. The van der Waals surface area contributed by atoms with E-state index in [0.717, 1.165) is 24.9 Å². The number of carbonyl (C=O) groups excluding carboxylic acids is 2. The van der Waals surface area contributed by atoms with Gasteiger partial charge in [-0.25, -0.2) is 13.1 Å². The molecule has 8 nitrogen and oxygen atoms in total. The largest absolute Gasteiger partial charge is 0.341 e. The van der Waals surface area contributed by atoms with Crippen LogP contribution in [0, 0.1) is 6.92 Å². The summed E-state index contributed by atoms with van der Waals surface area (Å²) in [5.74, 6) is -0.0901. The van der Waals surface area contributed by atoms with Crippen LogP contribution < -0.4 is 10.0 Å². The third-order valence-corrected chi connectivity index (χ3v) is 9.32. The van der Waals surface area contributed by atoms with Crippen molar-refractivity contribution >= 4 is 38.3 Å². The zero-order valence-corrected chi connectivity index (χ0v) is 22.6. The summed E-state index contributed by atoms with van der Waals surface area (Å²) < 4.78 is 29.9. The second-order valence-electron chi connectivity index (χ2n) is 10.3. The van der Waals surface area contributed by atoms with Crippen molar-refractivity contribution in [3.05, 3.63) is 71.8 Å². The normalized spacial score (nSPS) is 19.1. The average Bonchev–Trinajstić information content (AvgIpc) is 3.34. The zero-order valence-electron chi connectivity index (χ0n) is 21.8. The van der Waals surface area contributed by atoms with E-state index in [0.29, 0.717) is 48.0 Å². The molecule has 2 amide bonds. The highest BCUT2D eigenvalue weighted by Gasteiger charge is 2.34. The number of fused-ring (bicyclic) bond motifs is 1. The molecule has 2 aliphatic heterocycles. The molecule has 0 bridgehead atoms. The summed E-state index contributed by atoms with van der Waals surface area (Å²) in [5, 5.41) is 4.14. The standard InChI is InChI=1S/C29H34N4O4S/c1-20-8-3-4-9-22(20)28(34)30-25-12-5-11-24-23(25)10-6-14-27(24)38(36,37)31-21-15-18-33(19-16-21)29(35)26-13-7-17-32(26)2/h3-6,8-12,14,21,26,31H,7,13,15-19H2,1-2H3,(H,30,34). The third-order valence-electron chi connectivity index (χ3n) is 7.74. The van der Waals surface area contributed by atoms with Crippen LogP contribution in [0.2, 0.25) is 0 Å². The van der Waals surface area contributed by atoms with Crippen molar-refractivity contribution in [1.82, 2.24) is 14.5 Å². The molecule has 0 aliphatic carbocycles. The van der Waals surface area contributed by atoms with Crippen molar-refractivity contribution in [2.75, 3.05) is 32.0 Å². The van der Waals surface area contributed by atoms with Crippen molar-refractivity contribution in [1.29, 1.82) is 0 Å². The van der Waals surface area contributed by atoms with Crippen molar-refractivity contribution in [3.8, 4) is 0 Å². The first kappa shape index (κ1) is 26.3. The summed E-state index contributed by atoms with van der Waals surface area (Å²) in [7, 11) is -1.84. The van der Waals surface area contributed by atoms with E-state index in [1.165, 1.54) is 0 Å². The van der Waals surface area contributed by atoms with Crippen LogP contribution in [0.4, 0.5) is 5.69 Å². The van der Waals surface area contributed by atoms with Gasteiger partial charge in [-0.3, -0.25) is 14.5 Å². The molecule has 9 heteroatoms. The SMILES string of the molecule is Cc1ccccc1C(=O)Nc1cccc2c(S(=O)(=O)NC3CCN(C(=O)C4CCCN4C)CC3)cccc12. The Balaban J connectivity index is 1.31. The number of benzene rings is 3. The molecule has 2 saturated heterocycles. The smallest absolute Gasteiger partial charge is 0.255 e. The lowest BCUT2D eigenvalue weighted by Crippen LogP contribution is -2.51. The molecular weight excluding hydrogens is 500 g/mol. The van der Waals surface area contributed by atoms with E-state index < -0.39 is 10.0 Å². The van der Waals surface area contributed by atoms with Crippen molar-refractivity contribution < 1.29 is 18.0 Å². The lowest BCUT2D eigenvalue weighted by molar-refractivity contribution is -0.136. The number of nitrogens with one attached hydrogen (secondary N) is 2. The fraction of sp³-hybridized carbons (Fsp3) is 0.379. The zero-order chi connectivity index (χ0) is 26.9. The number of anilines is 1. The molecule has 3 aromatic carbocycles. The highest BCUT2D eigenvalue weighted by atomic mass is 32.2. The van der Waals surface area contributed by atoms with Crippen molar-refractivity contribution in [2.24, 2.45) is 0 Å². The van der Waals surface area contributed by atoms with Gasteiger partial charge in [-0.2, -0.15) is 0 Å². The van der Waals surface area contributed by atoms with Crippen LogP contribution in [0.15, 0.2) is 65.6 Å². The Labute approximate surface area is 224 Å². The molecule has 0 radical (unpaired) electrons. The van der Waals surface area contributed by atoms with Crippen molar-refractivity contribution in [2.45, 2.75) is 49.6 Å². The Kier molecular flexibility index (Phi) is 7.52. The van der Waals surface area contributed by atoms with E-state index in [2.05, 4.69) is 14.9 Å². The van der Waals surface area contributed by atoms with E-state index >= 15 is 0 Å². The Morgan fingerprint density at radius 3 is 2.29 bits per heavy atom. The maximum Gasteiger partial charge on any atom is 0.255 e. The Morgan fingerprint density at radius 2 is 1.58 bits per heavy atom. The van der Waals surface area contributed by atoms with Gasteiger partial charge in [0.15, 0.2) is 0 Å². The third kappa shape index (κ3) is 5.32. The van der Waals surface area contributed by atoms with Crippen LogP contribution in [0.5, 0.6) is 0 Å². The van der Waals surface area contributed by atoms with Gasteiger partial charge in [-0.15, -0.1) is 0 Å². The Morgan fingerprint density at radius 1 is 0.868 bits per heavy atom. The van der Waals surface area contributed by atoms with Gasteiger partial charge >= 0.3 is 0 Å². The van der Waals surface area contributed by atoms with E-state index in [1.807, 2.05) is 43.1 Å². The monoisotopic (exact) mass is 534 g/mol. The van der Waals surface area contributed by atoms with Crippen LogP contribution in [-0.2, 0) is 14.8 Å². The van der Waals surface area contributed by atoms with E-state index in [-0.39, 0.29) is 28.8 Å². The van der Waals surface area contributed by atoms with Crippen LogP contribution in [0.3, 0.4) is 0 Å². The molecule has 2 fully saturated rings. The second kappa shape index (κ2) is 10.8. The lowest BCUT2D eigenvalue weighted by Gasteiger charge is -2.35. The van der Waals surface area contributed by atoms with Gasteiger partial charge in [0.2, 0.25) is 15.9 Å². The minimum Gasteiger partial charge on any atom is -0.341 e. The molecule has 2 heterocycles. The van der Waals surface area contributed by atoms with E-state index in [1.54, 1.807) is 36.4 Å². The van der Waals surface area contributed by atoms with Crippen LogP contribution >= 0.6 is 0 Å². The fourth-order valence-corrected chi connectivity index (χ4v) is 7.10. The molecule has 5 rings (SSSR count). The highest BCUT2D eigenvalue weighted by Crippen LogP contribution is 2.30. The van der Waals surface area contributed by atoms with Gasteiger partial charge in [-0.1, -0.05) is 42.5 Å². The lowest BCUT2D eigenvalue weighted by atomic mass is 10.0. The minimum atomic E-state index is -3.83. The number of aryl methyl sites for hydroxylation is 1. The molecule has 38 heavy (non-hydrogen) atoms. The van der Waals surface area contributed by atoms with Crippen LogP contribution in [0.1, 0.15) is 41.6 Å². The Bertz CT molecular complexity index is 1460. The van der Waals surface area contributed by atoms with Gasteiger partial charge in [0.25, 0.3) is 5.91 Å². The summed E-state index contributed by atoms with van der Waals surface area (Å²) in [4.78, 5) is 30.0. The highest BCUT2D eigenvalue weighted by molar-refractivity contribution is 7.89. The number of hydrogen-bond acceptors (Lipinski definition) is 5. The van der Waals surface area contributed by atoms with E-state index in [4.69, 9.17) is 0 Å². The molecule has 0 spiro atoms. The summed E-state index contributed by atoms with van der Waals surface area (Å²) in [6, 6.07) is 17.4. The van der Waals surface area contributed by atoms with Gasteiger partial charge in [0, 0.05) is 41.2 Å². The van der Waals surface area contributed by atoms with E-state index in [9.17, 15) is 18.0 Å². The second-order valence-corrected chi connectivity index (χ2v) is 12.0. The molecular formula is C29H34N4O4S. The van der Waals surface area contributed by atoms with Gasteiger partial charge < -0.3 is 10.2 Å². The van der Waals surface area contributed by atoms with Gasteiger partial charge in [0.1, 0.15) is 0 Å².